The molecule has 1 fully saturated rings. The number of carboxylic acids is 1. The zero-order valence-electron chi connectivity index (χ0n) is 19.3. The zero-order valence-corrected chi connectivity index (χ0v) is 20.9. The molecule has 1 aliphatic carbocycles. The Labute approximate surface area is 217 Å². The number of hydrogen-bond acceptors (Lipinski definition) is 10. The average Bonchev–Trinajstić information content (AvgIpc) is 3.31. The molecular weight excluding hydrogens is 520 g/mol. The number of fused-ring (bicyclic) bond motifs is 2. The van der Waals surface area contributed by atoms with Crippen LogP contribution < -0.4 is 16.5 Å². The molecule has 4 N–H and O–H groups in total. The fraction of sp³-hybridized carbons (Fsp3) is 0.217. The molecule has 2 atom stereocenters. The Balaban J connectivity index is 1.39. The van der Waals surface area contributed by atoms with Gasteiger partial charge in [-0.1, -0.05) is 11.2 Å². The van der Waals surface area contributed by atoms with E-state index in [4.69, 9.17) is 10.6 Å². The molecule has 0 spiro atoms. The van der Waals surface area contributed by atoms with Crippen LogP contribution in [0.1, 0.15) is 5.69 Å². The number of pyridine rings is 1. The molecular formula is C23H20N6O6S2. The quantitative estimate of drug-likeness (QED) is 0.223. The van der Waals surface area contributed by atoms with Gasteiger partial charge >= 0.3 is 5.97 Å². The molecule has 190 valence electrons. The third-order valence-electron chi connectivity index (χ3n) is 5.91. The number of amides is 2. The van der Waals surface area contributed by atoms with Crippen molar-refractivity contribution in [1.29, 1.82) is 0 Å². The molecule has 3 aliphatic heterocycles. The summed E-state index contributed by atoms with van der Waals surface area (Å²) in [6.45, 7) is 0.179. The Morgan fingerprint density at radius 3 is 2.84 bits per heavy atom. The lowest BCUT2D eigenvalue weighted by Crippen LogP contribution is -2.71. The standard InChI is InChI=1S/C23H20N6O6S2/c1-35-27-16(14-10-37-23(24)25-14)19(31)26-17-20(32)29-18(22(33)34)12(9-36-21(17)29)8-28-6-2-3-11-4-5-13(30)7-15(11)28/h2-7,10,17,21H,8-9H2,1H3,(H2,24,25)(H,26,31)(H,33,34)/b27-16-/t17-,21-/m1/s1. The van der Waals surface area contributed by atoms with Gasteiger partial charge in [0.1, 0.15) is 29.9 Å². The van der Waals surface area contributed by atoms with Crippen LogP contribution in [0.4, 0.5) is 5.13 Å². The van der Waals surface area contributed by atoms with Crippen molar-refractivity contribution in [3.8, 4) is 11.3 Å². The zero-order chi connectivity index (χ0) is 26.3. The van der Waals surface area contributed by atoms with E-state index in [-0.39, 0.29) is 34.2 Å². The number of nitrogens with one attached hydrogen (secondary N) is 1. The van der Waals surface area contributed by atoms with Crippen LogP contribution in [0.15, 0.2) is 63.1 Å². The first kappa shape index (κ1) is 24.5. The van der Waals surface area contributed by atoms with E-state index in [1.165, 1.54) is 41.3 Å². The molecule has 4 aliphatic rings. The molecule has 0 aromatic carbocycles. The van der Waals surface area contributed by atoms with Gasteiger partial charge < -0.3 is 25.6 Å². The number of nitrogen functional groups attached to an aromatic ring is 1. The van der Waals surface area contributed by atoms with E-state index in [1.54, 1.807) is 16.8 Å². The Morgan fingerprint density at radius 2 is 2.14 bits per heavy atom. The number of carbonyl (C=O) groups excluding carboxylic acids is 2. The molecule has 4 heterocycles. The van der Waals surface area contributed by atoms with Crippen molar-refractivity contribution in [2.75, 3.05) is 18.6 Å². The van der Waals surface area contributed by atoms with E-state index in [1.807, 2.05) is 12.1 Å². The smallest absolute Gasteiger partial charge is 0.352 e. The van der Waals surface area contributed by atoms with Gasteiger partial charge in [-0.25, -0.2) is 9.78 Å². The van der Waals surface area contributed by atoms with Crippen LogP contribution in [-0.2, 0) is 25.8 Å². The Hall–Kier alpha value is -4.17. The fourth-order valence-corrected chi connectivity index (χ4v) is 6.18. The highest BCUT2D eigenvalue weighted by Gasteiger charge is 2.54. The number of nitrogens with zero attached hydrogens (tertiary/aromatic N) is 4. The van der Waals surface area contributed by atoms with E-state index >= 15 is 0 Å². The number of aliphatic carboxylic acids is 1. The second-order valence-electron chi connectivity index (χ2n) is 8.17. The highest BCUT2D eigenvalue weighted by Crippen LogP contribution is 2.41. The summed E-state index contributed by atoms with van der Waals surface area (Å²) in [5.41, 5.74) is 7.42. The summed E-state index contributed by atoms with van der Waals surface area (Å²) in [6, 6.07) is 7.37. The number of carbonyl (C=O) groups is 3. The maximum absolute atomic E-state index is 13.1. The monoisotopic (exact) mass is 540 g/mol. The van der Waals surface area contributed by atoms with Gasteiger partial charge in [0.2, 0.25) is 0 Å². The van der Waals surface area contributed by atoms with Crippen molar-refractivity contribution in [2.45, 2.75) is 18.0 Å². The molecule has 14 heteroatoms. The van der Waals surface area contributed by atoms with Gasteiger partial charge in [-0.2, -0.15) is 0 Å². The SMILES string of the molecule is CO/N=C(\C(=O)N[C@@H]1C(=O)N2C(C(=O)O)=C(Cn3cccc4ccc(=O)cc3-4)CS[C@H]12)c1csc(N)n1. The van der Waals surface area contributed by atoms with Gasteiger partial charge in [0, 0.05) is 29.9 Å². The Kier molecular flexibility index (Phi) is 6.43. The van der Waals surface area contributed by atoms with E-state index in [0.29, 0.717) is 17.0 Å². The summed E-state index contributed by atoms with van der Waals surface area (Å²) in [5.74, 6) is -2.19. The molecule has 1 saturated heterocycles. The van der Waals surface area contributed by atoms with Crippen molar-refractivity contribution in [2.24, 2.45) is 5.16 Å². The highest BCUT2D eigenvalue weighted by molar-refractivity contribution is 8.00. The number of rotatable bonds is 7. The number of hydrogen-bond donors (Lipinski definition) is 3. The minimum Gasteiger partial charge on any atom is -0.477 e. The topological polar surface area (TPSA) is 169 Å². The minimum absolute atomic E-state index is 0.125. The van der Waals surface area contributed by atoms with Crippen LogP contribution in [0.3, 0.4) is 0 Å². The number of benzene rings is 1. The second kappa shape index (κ2) is 9.71. The summed E-state index contributed by atoms with van der Waals surface area (Å²) in [6.07, 6.45) is 1.76. The second-order valence-corrected chi connectivity index (χ2v) is 10.2. The summed E-state index contributed by atoms with van der Waals surface area (Å²) in [4.78, 5) is 60.1. The molecule has 12 nitrogen and oxygen atoms in total. The van der Waals surface area contributed by atoms with Crippen molar-refractivity contribution in [3.63, 3.8) is 0 Å². The van der Waals surface area contributed by atoms with Crippen LogP contribution in [0, 0.1) is 0 Å². The molecule has 0 radical (unpaired) electrons. The normalized spacial score (nSPS) is 19.4. The van der Waals surface area contributed by atoms with E-state index in [9.17, 15) is 24.3 Å². The molecule has 37 heavy (non-hydrogen) atoms. The molecule has 2 amide bonds. The lowest BCUT2D eigenvalue weighted by molar-refractivity contribution is -0.150. The van der Waals surface area contributed by atoms with E-state index in [0.717, 1.165) is 16.9 Å². The molecule has 0 saturated carbocycles. The molecule has 1 aromatic heterocycles. The fourth-order valence-electron chi connectivity index (χ4n) is 4.29. The van der Waals surface area contributed by atoms with Crippen molar-refractivity contribution in [3.05, 3.63) is 69.1 Å². The van der Waals surface area contributed by atoms with Gasteiger partial charge in [0.15, 0.2) is 16.3 Å². The number of β-lactam (4-membered cyclic amide) rings is 1. The van der Waals surface area contributed by atoms with Crippen molar-refractivity contribution >= 4 is 51.7 Å². The number of aromatic nitrogens is 2. The van der Waals surface area contributed by atoms with Gasteiger partial charge in [-0.3, -0.25) is 19.3 Å². The molecule has 5 rings (SSSR count). The first-order chi connectivity index (χ1) is 17.8. The van der Waals surface area contributed by atoms with Gasteiger partial charge in [0.25, 0.3) is 11.8 Å². The largest absolute Gasteiger partial charge is 0.477 e. The number of carboxylic acid groups (broad SMARTS) is 1. The number of anilines is 1. The highest BCUT2D eigenvalue weighted by atomic mass is 32.2. The lowest BCUT2D eigenvalue weighted by atomic mass is 10.0. The van der Waals surface area contributed by atoms with Crippen molar-refractivity contribution in [1.82, 2.24) is 19.8 Å². The van der Waals surface area contributed by atoms with Gasteiger partial charge in [0.05, 0.1) is 5.69 Å². The summed E-state index contributed by atoms with van der Waals surface area (Å²) in [7, 11) is 1.27. The van der Waals surface area contributed by atoms with Crippen LogP contribution in [0.5, 0.6) is 0 Å². The number of thioether (sulfide) groups is 1. The van der Waals surface area contributed by atoms with Crippen LogP contribution in [0.2, 0.25) is 0 Å². The number of thiazole rings is 1. The van der Waals surface area contributed by atoms with Crippen molar-refractivity contribution < 1.29 is 24.3 Å². The summed E-state index contributed by atoms with van der Waals surface area (Å²) < 4.78 is 1.78. The first-order valence-corrected chi connectivity index (χ1v) is 12.8. The predicted molar refractivity (Wildman–Crippen MR) is 137 cm³/mol. The van der Waals surface area contributed by atoms with Crippen LogP contribution >= 0.6 is 23.1 Å². The number of oxime groups is 1. The maximum Gasteiger partial charge on any atom is 0.352 e. The third kappa shape index (κ3) is 4.44. The summed E-state index contributed by atoms with van der Waals surface area (Å²) >= 11 is 2.46. The van der Waals surface area contributed by atoms with Crippen LogP contribution in [0.25, 0.3) is 11.3 Å². The number of nitrogens with two attached hydrogens (primary N) is 1. The predicted octanol–water partition coefficient (Wildman–Crippen LogP) is 0.781. The molecule has 1 aromatic rings. The lowest BCUT2D eigenvalue weighted by Gasteiger charge is -2.49. The summed E-state index contributed by atoms with van der Waals surface area (Å²) in [5, 5.41) is 17.5. The Bertz CT molecular complexity index is 1510. The molecule has 0 unspecified atom stereocenters. The first-order valence-electron chi connectivity index (χ1n) is 10.9. The minimum atomic E-state index is -1.25. The Morgan fingerprint density at radius 1 is 1.32 bits per heavy atom. The van der Waals surface area contributed by atoms with Gasteiger partial charge in [-0.05, 0) is 29.3 Å². The average molecular weight is 541 g/mol. The van der Waals surface area contributed by atoms with Crippen LogP contribution in [-0.4, -0.2) is 67.3 Å². The molecule has 0 bridgehead atoms. The van der Waals surface area contributed by atoms with E-state index < -0.39 is 29.2 Å². The third-order valence-corrected chi connectivity index (χ3v) is 7.93. The maximum atomic E-state index is 13.1. The van der Waals surface area contributed by atoms with E-state index in [2.05, 4.69) is 15.5 Å². The van der Waals surface area contributed by atoms with Gasteiger partial charge in [-0.15, -0.1) is 23.1 Å².